The minimum atomic E-state index is -0.248. The summed E-state index contributed by atoms with van der Waals surface area (Å²) in [7, 11) is 1.63. The van der Waals surface area contributed by atoms with Gasteiger partial charge in [-0.15, -0.1) is 11.3 Å². The molecule has 1 unspecified atom stereocenters. The predicted octanol–water partition coefficient (Wildman–Crippen LogP) is 5.90. The number of rotatable bonds is 3. The van der Waals surface area contributed by atoms with Crippen LogP contribution in [-0.4, -0.2) is 23.0 Å². The number of carbonyl (C=O) groups is 1. The monoisotopic (exact) mass is 466 g/mol. The molecule has 0 aliphatic heterocycles. The van der Waals surface area contributed by atoms with Crippen LogP contribution in [0.5, 0.6) is 5.75 Å². The maximum atomic E-state index is 13.0. The van der Waals surface area contributed by atoms with E-state index in [1.165, 1.54) is 28.2 Å². The zero-order valence-electron chi connectivity index (χ0n) is 18.6. The molecule has 0 bridgehead atoms. The molecule has 3 N–H and O–H groups in total. The Bertz CT molecular complexity index is 1350. The number of ether oxygens (including phenoxy) is 1. The standard InChI is InChI=1S/C24H26N4O2S2/c1-24(2,3)13-5-7-16-12(9-13)10-15-19(25)20(32-22(15)26-16)21(29)28-23-27-17-8-6-14(30-4)11-18(17)31-23/h6,8,10-11,13H,5,7,9,25H2,1-4H3,(H,27,28,29). The molecule has 0 fully saturated rings. The molecular weight excluding hydrogens is 440 g/mol. The molecule has 3 aromatic heterocycles. The normalized spacial score (nSPS) is 16.3. The zero-order valence-corrected chi connectivity index (χ0v) is 20.2. The molecule has 1 atom stereocenters. The van der Waals surface area contributed by atoms with Crippen LogP contribution >= 0.6 is 22.7 Å². The van der Waals surface area contributed by atoms with Crippen molar-refractivity contribution in [3.05, 3.63) is 40.4 Å². The number of anilines is 2. The number of carbonyl (C=O) groups excluding carboxylic acids is 1. The number of nitrogens with two attached hydrogens (primary N) is 1. The summed E-state index contributed by atoms with van der Waals surface area (Å²) in [5.41, 5.74) is 10.4. The molecule has 6 nitrogen and oxygen atoms in total. The molecule has 1 amide bonds. The summed E-state index contributed by atoms with van der Waals surface area (Å²) in [5.74, 6) is 1.13. The summed E-state index contributed by atoms with van der Waals surface area (Å²) in [6, 6.07) is 7.81. The molecule has 5 rings (SSSR count). The summed E-state index contributed by atoms with van der Waals surface area (Å²) >= 11 is 2.76. The Kier molecular flexibility index (Phi) is 5.09. The lowest BCUT2D eigenvalue weighted by Crippen LogP contribution is -2.27. The van der Waals surface area contributed by atoms with E-state index in [9.17, 15) is 4.79 Å². The van der Waals surface area contributed by atoms with E-state index in [1.807, 2.05) is 18.2 Å². The number of amides is 1. The quantitative estimate of drug-likeness (QED) is 0.392. The second-order valence-corrected chi connectivity index (χ2v) is 11.4. The van der Waals surface area contributed by atoms with Crippen LogP contribution in [0.1, 0.15) is 48.1 Å². The molecule has 32 heavy (non-hydrogen) atoms. The Balaban J connectivity index is 1.44. The van der Waals surface area contributed by atoms with Gasteiger partial charge in [0.2, 0.25) is 0 Å². The minimum Gasteiger partial charge on any atom is -0.497 e. The number of benzene rings is 1. The number of nitrogens with one attached hydrogen (secondary N) is 1. The average molecular weight is 467 g/mol. The van der Waals surface area contributed by atoms with Gasteiger partial charge in [0.25, 0.3) is 5.91 Å². The lowest BCUT2D eigenvalue weighted by molar-refractivity contribution is 0.103. The van der Waals surface area contributed by atoms with Crippen molar-refractivity contribution in [2.24, 2.45) is 11.3 Å². The van der Waals surface area contributed by atoms with E-state index in [1.54, 1.807) is 7.11 Å². The third-order valence-corrected chi connectivity index (χ3v) is 8.38. The molecule has 166 valence electrons. The first kappa shape index (κ1) is 21.2. The number of nitrogens with zero attached hydrogens (tertiary/aromatic N) is 2. The molecule has 0 saturated heterocycles. The number of hydrogen-bond donors (Lipinski definition) is 2. The van der Waals surface area contributed by atoms with Crippen molar-refractivity contribution >= 4 is 59.8 Å². The van der Waals surface area contributed by atoms with E-state index in [0.29, 0.717) is 21.6 Å². The molecule has 0 radical (unpaired) electrons. The Labute approximate surface area is 194 Å². The van der Waals surface area contributed by atoms with E-state index < -0.39 is 0 Å². The van der Waals surface area contributed by atoms with Crippen LogP contribution in [-0.2, 0) is 12.8 Å². The van der Waals surface area contributed by atoms with Crippen molar-refractivity contribution in [3.63, 3.8) is 0 Å². The van der Waals surface area contributed by atoms with E-state index in [0.717, 1.165) is 51.1 Å². The number of fused-ring (bicyclic) bond motifs is 3. The summed E-state index contributed by atoms with van der Waals surface area (Å²) in [6.07, 6.45) is 3.13. The summed E-state index contributed by atoms with van der Waals surface area (Å²) in [4.78, 5) is 23.8. The van der Waals surface area contributed by atoms with Gasteiger partial charge in [-0.2, -0.15) is 0 Å². The highest BCUT2D eigenvalue weighted by atomic mass is 32.1. The van der Waals surface area contributed by atoms with Crippen LogP contribution in [0, 0.1) is 11.3 Å². The maximum absolute atomic E-state index is 13.0. The van der Waals surface area contributed by atoms with Crippen LogP contribution in [0.4, 0.5) is 10.8 Å². The molecule has 1 aromatic carbocycles. The molecule has 8 heteroatoms. The summed E-state index contributed by atoms with van der Waals surface area (Å²) in [6.45, 7) is 6.90. The van der Waals surface area contributed by atoms with Gasteiger partial charge in [-0.3, -0.25) is 10.1 Å². The Morgan fingerprint density at radius 2 is 2.03 bits per heavy atom. The first-order valence-corrected chi connectivity index (χ1v) is 12.3. The van der Waals surface area contributed by atoms with Crippen LogP contribution in [0.3, 0.4) is 0 Å². The lowest BCUT2D eigenvalue weighted by atomic mass is 9.71. The number of pyridine rings is 1. The number of aryl methyl sites for hydroxylation is 1. The van der Waals surface area contributed by atoms with E-state index in [-0.39, 0.29) is 11.3 Å². The van der Waals surface area contributed by atoms with Gasteiger partial charge in [0.05, 0.1) is 23.0 Å². The van der Waals surface area contributed by atoms with Gasteiger partial charge in [0.15, 0.2) is 5.13 Å². The van der Waals surface area contributed by atoms with Crippen molar-refractivity contribution in [1.29, 1.82) is 0 Å². The van der Waals surface area contributed by atoms with Gasteiger partial charge >= 0.3 is 0 Å². The number of aromatic nitrogens is 2. The van der Waals surface area contributed by atoms with Gasteiger partial charge < -0.3 is 10.5 Å². The first-order chi connectivity index (χ1) is 15.2. The largest absolute Gasteiger partial charge is 0.497 e. The van der Waals surface area contributed by atoms with Crippen molar-refractivity contribution in [2.75, 3.05) is 18.2 Å². The zero-order chi connectivity index (χ0) is 22.6. The van der Waals surface area contributed by atoms with Crippen LogP contribution in [0.15, 0.2) is 24.3 Å². The molecule has 0 saturated carbocycles. The third-order valence-electron chi connectivity index (χ3n) is 6.33. The Hall–Kier alpha value is -2.71. The van der Waals surface area contributed by atoms with Crippen molar-refractivity contribution in [2.45, 2.75) is 40.0 Å². The predicted molar refractivity (Wildman–Crippen MR) is 133 cm³/mol. The topological polar surface area (TPSA) is 90.1 Å². The average Bonchev–Trinajstić information content (AvgIpc) is 3.30. The molecule has 0 spiro atoms. The van der Waals surface area contributed by atoms with E-state index >= 15 is 0 Å². The number of methoxy groups -OCH3 is 1. The first-order valence-electron chi connectivity index (χ1n) is 10.7. The van der Waals surface area contributed by atoms with Gasteiger partial charge in [0.1, 0.15) is 15.5 Å². The second-order valence-electron chi connectivity index (χ2n) is 9.40. The van der Waals surface area contributed by atoms with Gasteiger partial charge in [0, 0.05) is 11.1 Å². The number of thiophene rings is 1. The molecule has 4 aromatic rings. The fraction of sp³-hybridized carbons (Fsp3) is 0.375. The maximum Gasteiger partial charge on any atom is 0.269 e. The summed E-state index contributed by atoms with van der Waals surface area (Å²) in [5, 5.41) is 4.33. The number of thiazole rings is 1. The number of hydrogen-bond acceptors (Lipinski definition) is 7. The second kappa shape index (κ2) is 7.71. The lowest BCUT2D eigenvalue weighted by Gasteiger charge is -2.34. The van der Waals surface area contributed by atoms with Crippen LogP contribution < -0.4 is 15.8 Å². The smallest absolute Gasteiger partial charge is 0.269 e. The molecule has 1 aliphatic rings. The van der Waals surface area contributed by atoms with Gasteiger partial charge in [-0.1, -0.05) is 32.1 Å². The Morgan fingerprint density at radius 1 is 1.22 bits per heavy atom. The molecule has 3 heterocycles. The fourth-order valence-corrected chi connectivity index (χ4v) is 6.22. The minimum absolute atomic E-state index is 0.248. The highest BCUT2D eigenvalue weighted by molar-refractivity contribution is 7.23. The van der Waals surface area contributed by atoms with Crippen LogP contribution in [0.2, 0.25) is 0 Å². The highest BCUT2D eigenvalue weighted by Gasteiger charge is 2.30. The van der Waals surface area contributed by atoms with Crippen molar-refractivity contribution in [1.82, 2.24) is 9.97 Å². The van der Waals surface area contributed by atoms with E-state index in [2.05, 4.69) is 37.1 Å². The summed E-state index contributed by atoms with van der Waals surface area (Å²) < 4.78 is 6.22. The fourth-order valence-electron chi connectivity index (χ4n) is 4.34. The van der Waals surface area contributed by atoms with E-state index in [4.69, 9.17) is 15.5 Å². The SMILES string of the molecule is COc1ccc2nc(NC(=O)c3sc4nc5c(cc4c3N)CC(C(C)(C)C)CC5)sc2c1. The molecule has 1 aliphatic carbocycles. The van der Waals surface area contributed by atoms with Crippen molar-refractivity contribution in [3.8, 4) is 5.75 Å². The van der Waals surface area contributed by atoms with Crippen LogP contribution in [0.25, 0.3) is 20.4 Å². The Morgan fingerprint density at radius 3 is 2.78 bits per heavy atom. The van der Waals surface area contributed by atoms with Gasteiger partial charge in [-0.25, -0.2) is 9.97 Å². The van der Waals surface area contributed by atoms with Gasteiger partial charge in [-0.05, 0) is 60.4 Å². The van der Waals surface area contributed by atoms with Crippen molar-refractivity contribution < 1.29 is 9.53 Å². The molecular formula is C24H26N4O2S2. The highest BCUT2D eigenvalue weighted by Crippen LogP contribution is 2.40. The third kappa shape index (κ3) is 3.71. The number of nitrogen functional groups attached to an aromatic ring is 1.